The van der Waals surface area contributed by atoms with Crippen molar-refractivity contribution < 1.29 is 9.53 Å². The fraction of sp³-hybridized carbons (Fsp3) is 0.417. The van der Waals surface area contributed by atoms with E-state index in [-0.39, 0.29) is 12.4 Å². The van der Waals surface area contributed by atoms with E-state index in [9.17, 15) is 4.79 Å². The first kappa shape index (κ1) is 14.3. The quantitative estimate of drug-likeness (QED) is 0.764. The van der Waals surface area contributed by atoms with E-state index >= 15 is 0 Å². The minimum absolute atomic E-state index is 0.249. The second-order valence-corrected chi connectivity index (χ2v) is 3.89. The molecule has 0 saturated heterocycles. The summed E-state index contributed by atoms with van der Waals surface area (Å²) in [4.78, 5) is 17.1. The molecule has 0 bridgehead atoms. The second-order valence-electron chi connectivity index (χ2n) is 3.51. The summed E-state index contributed by atoms with van der Waals surface area (Å²) in [6, 6.07) is 3.56. The Labute approximate surface area is 111 Å². The van der Waals surface area contributed by atoms with E-state index in [1.165, 1.54) is 13.3 Å². The average molecular weight is 268 g/mol. The Morgan fingerprint density at radius 3 is 2.94 bits per heavy atom. The molecular formula is C12H14ClN3O2. The van der Waals surface area contributed by atoms with Crippen molar-refractivity contribution in [3.63, 3.8) is 0 Å². The SMILES string of the molecule is CCN(CCC(=O)OC)c1nccc(C#N)c1Cl. The highest BCUT2D eigenvalue weighted by atomic mass is 35.5. The Balaban J connectivity index is 2.89. The maximum atomic E-state index is 11.1. The Kier molecular flexibility index (Phi) is 5.40. The number of nitrogens with zero attached hydrogens (tertiary/aromatic N) is 3. The topological polar surface area (TPSA) is 66.2 Å². The zero-order chi connectivity index (χ0) is 13.5. The smallest absolute Gasteiger partial charge is 0.307 e. The Hall–Kier alpha value is -1.80. The van der Waals surface area contributed by atoms with Gasteiger partial charge in [-0.3, -0.25) is 4.79 Å². The lowest BCUT2D eigenvalue weighted by Crippen LogP contribution is -2.27. The van der Waals surface area contributed by atoms with Crippen LogP contribution in [0.25, 0.3) is 0 Å². The minimum atomic E-state index is -0.291. The lowest BCUT2D eigenvalue weighted by molar-refractivity contribution is -0.140. The number of halogens is 1. The van der Waals surface area contributed by atoms with Gasteiger partial charge < -0.3 is 9.64 Å². The lowest BCUT2D eigenvalue weighted by Gasteiger charge is -2.22. The molecule has 0 unspecified atom stereocenters. The molecule has 0 radical (unpaired) electrons. The largest absolute Gasteiger partial charge is 0.469 e. The van der Waals surface area contributed by atoms with Crippen LogP contribution in [-0.4, -0.2) is 31.2 Å². The highest BCUT2D eigenvalue weighted by molar-refractivity contribution is 6.34. The molecule has 0 spiro atoms. The monoisotopic (exact) mass is 267 g/mol. The highest BCUT2D eigenvalue weighted by Crippen LogP contribution is 2.26. The Morgan fingerprint density at radius 2 is 2.39 bits per heavy atom. The van der Waals surface area contributed by atoms with Gasteiger partial charge >= 0.3 is 5.97 Å². The first-order chi connectivity index (χ1) is 8.63. The molecule has 0 amide bonds. The number of ether oxygens (including phenoxy) is 1. The predicted molar refractivity (Wildman–Crippen MR) is 68.5 cm³/mol. The van der Waals surface area contributed by atoms with Crippen molar-refractivity contribution >= 4 is 23.4 Å². The van der Waals surface area contributed by atoms with Crippen molar-refractivity contribution in [1.82, 2.24) is 4.98 Å². The molecule has 0 saturated carbocycles. The molecule has 5 nitrogen and oxygen atoms in total. The molecule has 1 aromatic rings. The second kappa shape index (κ2) is 6.82. The van der Waals surface area contributed by atoms with Crippen LogP contribution in [0.1, 0.15) is 18.9 Å². The summed E-state index contributed by atoms with van der Waals surface area (Å²) in [5, 5.41) is 9.21. The van der Waals surface area contributed by atoms with Crippen LogP contribution >= 0.6 is 11.6 Å². The average Bonchev–Trinajstić information content (AvgIpc) is 2.40. The molecule has 96 valence electrons. The zero-order valence-electron chi connectivity index (χ0n) is 10.3. The van der Waals surface area contributed by atoms with E-state index in [0.717, 1.165) is 0 Å². The number of methoxy groups -OCH3 is 1. The number of hydrogen-bond acceptors (Lipinski definition) is 5. The van der Waals surface area contributed by atoms with Gasteiger partial charge in [-0.1, -0.05) is 11.6 Å². The summed E-state index contributed by atoms with van der Waals surface area (Å²) >= 11 is 6.09. The van der Waals surface area contributed by atoms with Gasteiger partial charge in [0.1, 0.15) is 16.9 Å². The van der Waals surface area contributed by atoms with E-state index in [2.05, 4.69) is 9.72 Å². The molecule has 0 aromatic carbocycles. The summed E-state index contributed by atoms with van der Waals surface area (Å²) in [6.45, 7) is 3.01. The highest BCUT2D eigenvalue weighted by Gasteiger charge is 2.14. The summed E-state index contributed by atoms with van der Waals surface area (Å²) in [7, 11) is 1.35. The molecule has 0 aliphatic heterocycles. The van der Waals surface area contributed by atoms with Crippen LogP contribution in [0.4, 0.5) is 5.82 Å². The van der Waals surface area contributed by atoms with Gasteiger partial charge in [-0.2, -0.15) is 5.26 Å². The number of aromatic nitrogens is 1. The first-order valence-corrected chi connectivity index (χ1v) is 5.88. The predicted octanol–water partition coefficient (Wildman–Crippen LogP) is 2.00. The molecule has 1 rings (SSSR count). The Morgan fingerprint density at radius 1 is 1.67 bits per heavy atom. The molecule has 1 heterocycles. The van der Waals surface area contributed by atoms with Crippen molar-refractivity contribution in [1.29, 1.82) is 5.26 Å². The van der Waals surface area contributed by atoms with Crippen LogP contribution in [0.2, 0.25) is 5.02 Å². The van der Waals surface area contributed by atoms with Gasteiger partial charge in [-0.15, -0.1) is 0 Å². The van der Waals surface area contributed by atoms with Crippen molar-refractivity contribution in [2.45, 2.75) is 13.3 Å². The van der Waals surface area contributed by atoms with Crippen LogP contribution in [0.15, 0.2) is 12.3 Å². The number of pyridine rings is 1. The van der Waals surface area contributed by atoms with Gasteiger partial charge in [0.05, 0.1) is 19.1 Å². The van der Waals surface area contributed by atoms with Gasteiger partial charge in [-0.05, 0) is 13.0 Å². The molecule has 1 aromatic heterocycles. The first-order valence-electron chi connectivity index (χ1n) is 5.50. The summed E-state index contributed by atoms with van der Waals surface area (Å²) in [5.74, 6) is 0.225. The molecule has 6 heteroatoms. The molecule has 0 fully saturated rings. The van der Waals surface area contributed by atoms with Crippen LogP contribution in [0, 0.1) is 11.3 Å². The standard InChI is InChI=1S/C12H14ClN3O2/c1-3-16(7-5-10(17)18-2)12-11(13)9(8-14)4-6-15-12/h4,6H,3,5,7H2,1-2H3. The van der Waals surface area contributed by atoms with Crippen LogP contribution in [0.5, 0.6) is 0 Å². The van der Waals surface area contributed by atoms with Crippen LogP contribution < -0.4 is 4.90 Å². The van der Waals surface area contributed by atoms with Gasteiger partial charge in [-0.25, -0.2) is 4.98 Å². The van der Waals surface area contributed by atoms with E-state index in [1.54, 1.807) is 6.07 Å². The summed E-state index contributed by atoms with van der Waals surface area (Å²) in [6.07, 6.45) is 1.78. The van der Waals surface area contributed by atoms with E-state index in [0.29, 0.717) is 29.5 Å². The molecule has 0 aliphatic carbocycles. The van der Waals surface area contributed by atoms with Gasteiger partial charge in [0.15, 0.2) is 0 Å². The van der Waals surface area contributed by atoms with Gasteiger partial charge in [0.2, 0.25) is 0 Å². The number of hydrogen-bond donors (Lipinski definition) is 0. The lowest BCUT2D eigenvalue weighted by atomic mass is 10.2. The third-order valence-corrected chi connectivity index (χ3v) is 2.86. The number of carbonyl (C=O) groups excluding carboxylic acids is 1. The van der Waals surface area contributed by atoms with Crippen molar-refractivity contribution in [3.8, 4) is 6.07 Å². The molecular weight excluding hydrogens is 254 g/mol. The van der Waals surface area contributed by atoms with Crippen molar-refractivity contribution in [2.75, 3.05) is 25.1 Å². The number of carbonyl (C=O) groups is 1. The minimum Gasteiger partial charge on any atom is -0.469 e. The van der Waals surface area contributed by atoms with E-state index in [4.69, 9.17) is 16.9 Å². The van der Waals surface area contributed by atoms with Crippen molar-refractivity contribution in [3.05, 3.63) is 22.8 Å². The fourth-order valence-electron chi connectivity index (χ4n) is 1.48. The Bertz CT molecular complexity index is 471. The van der Waals surface area contributed by atoms with E-state index in [1.807, 2.05) is 17.9 Å². The van der Waals surface area contributed by atoms with Gasteiger partial charge in [0.25, 0.3) is 0 Å². The zero-order valence-corrected chi connectivity index (χ0v) is 11.1. The summed E-state index contributed by atoms with van der Waals surface area (Å²) < 4.78 is 4.58. The molecule has 0 aliphatic rings. The molecule has 18 heavy (non-hydrogen) atoms. The fourth-order valence-corrected chi connectivity index (χ4v) is 1.76. The van der Waals surface area contributed by atoms with Gasteiger partial charge in [0, 0.05) is 19.3 Å². The van der Waals surface area contributed by atoms with E-state index < -0.39 is 0 Å². The maximum Gasteiger partial charge on any atom is 0.307 e. The molecule has 0 atom stereocenters. The number of anilines is 1. The summed E-state index contributed by atoms with van der Waals surface area (Å²) in [5.41, 5.74) is 0.373. The van der Waals surface area contributed by atoms with Crippen LogP contribution in [0.3, 0.4) is 0 Å². The molecule has 0 N–H and O–H groups in total. The normalized spacial score (nSPS) is 9.67. The van der Waals surface area contributed by atoms with Crippen molar-refractivity contribution in [2.24, 2.45) is 0 Å². The third kappa shape index (κ3) is 3.34. The third-order valence-electron chi connectivity index (χ3n) is 2.49. The number of nitriles is 1. The number of esters is 1. The maximum absolute atomic E-state index is 11.1. The van der Waals surface area contributed by atoms with Crippen LogP contribution in [-0.2, 0) is 9.53 Å². The number of rotatable bonds is 5.